The molecule has 0 atom stereocenters. The molecule has 0 saturated heterocycles. The number of nitrogens with one attached hydrogen (secondary N) is 1. The van der Waals surface area contributed by atoms with Crippen molar-refractivity contribution in [2.24, 2.45) is 0 Å². The SMILES string of the molecule is [B+2]c1ccccc1S(=O)(=O)CC=CNC(C)(C)C.[OH-].[OH-]. The predicted molar refractivity (Wildman–Crippen MR) is 79.8 cm³/mol. The van der Waals surface area contributed by atoms with Gasteiger partial charge in [0.25, 0.3) is 0 Å². The second-order valence-electron chi connectivity index (χ2n) is 5.12. The van der Waals surface area contributed by atoms with E-state index in [-0.39, 0.29) is 32.6 Å². The van der Waals surface area contributed by atoms with Crippen LogP contribution in [0.3, 0.4) is 0 Å². The van der Waals surface area contributed by atoms with E-state index in [1.54, 1.807) is 30.5 Å². The van der Waals surface area contributed by atoms with Crippen LogP contribution in [0.2, 0.25) is 0 Å². The van der Waals surface area contributed by atoms with Crippen molar-refractivity contribution in [1.29, 1.82) is 0 Å². The van der Waals surface area contributed by atoms with Gasteiger partial charge >= 0.3 is 110 Å². The topological polar surface area (TPSA) is 106 Å². The van der Waals surface area contributed by atoms with Gasteiger partial charge in [-0.3, -0.25) is 0 Å². The van der Waals surface area contributed by atoms with Crippen LogP contribution < -0.4 is 10.8 Å². The number of rotatable bonds is 4. The third-order valence-corrected chi connectivity index (χ3v) is 3.88. The molecule has 0 amide bonds. The summed E-state index contributed by atoms with van der Waals surface area (Å²) in [6, 6.07) is 6.49. The predicted octanol–water partition coefficient (Wildman–Crippen LogP) is 0.802. The van der Waals surface area contributed by atoms with Gasteiger partial charge in [-0.05, 0) is 0 Å². The summed E-state index contributed by atoms with van der Waals surface area (Å²) in [7, 11) is 2.30. The van der Waals surface area contributed by atoms with Crippen molar-refractivity contribution in [2.45, 2.75) is 31.2 Å². The maximum absolute atomic E-state index is 12.0. The van der Waals surface area contributed by atoms with Gasteiger partial charge in [-0.25, -0.2) is 0 Å². The Labute approximate surface area is 122 Å². The zero-order valence-electron chi connectivity index (χ0n) is 11.9. The Bertz CT molecular complexity index is 536. The van der Waals surface area contributed by atoms with E-state index in [2.05, 4.69) is 5.32 Å². The molecule has 5 nitrogen and oxygen atoms in total. The summed E-state index contributed by atoms with van der Waals surface area (Å²) in [6.45, 7) is 6.00. The molecule has 3 N–H and O–H groups in total. The van der Waals surface area contributed by atoms with Crippen molar-refractivity contribution >= 4 is 23.1 Å². The summed E-state index contributed by atoms with van der Waals surface area (Å²) in [5, 5.41) is 3.08. The number of hydrogen-bond acceptors (Lipinski definition) is 5. The first-order valence-electron chi connectivity index (χ1n) is 5.72. The van der Waals surface area contributed by atoms with E-state index in [1.165, 1.54) is 6.07 Å². The minimum absolute atomic E-state index is 0. The summed E-state index contributed by atoms with van der Waals surface area (Å²) in [6.07, 6.45) is 3.25. The fraction of sp³-hybridized carbons (Fsp3) is 0.385. The Morgan fingerprint density at radius 3 is 2.25 bits per heavy atom. The van der Waals surface area contributed by atoms with Gasteiger partial charge < -0.3 is 11.0 Å². The van der Waals surface area contributed by atoms with E-state index in [4.69, 9.17) is 7.85 Å². The summed E-state index contributed by atoms with van der Waals surface area (Å²) in [5.74, 6) is -0.0652. The molecular weight excluding hydrogens is 277 g/mol. The maximum Gasteiger partial charge on any atom is -0.870 e. The van der Waals surface area contributed by atoms with Crippen LogP contribution in [-0.4, -0.2) is 38.5 Å². The van der Waals surface area contributed by atoms with Crippen LogP contribution in [0.25, 0.3) is 0 Å². The molecule has 1 aromatic rings. The van der Waals surface area contributed by atoms with Crippen LogP contribution in [0.5, 0.6) is 0 Å². The van der Waals surface area contributed by atoms with Crippen LogP contribution in [0.4, 0.5) is 0 Å². The van der Waals surface area contributed by atoms with Crippen LogP contribution in [0.15, 0.2) is 41.4 Å². The Morgan fingerprint density at radius 2 is 1.75 bits per heavy atom. The molecule has 0 unspecified atom stereocenters. The Balaban J connectivity index is 0. The molecule has 1 aromatic carbocycles. The molecule has 0 fully saturated rings. The van der Waals surface area contributed by atoms with E-state index in [0.717, 1.165) is 0 Å². The smallest absolute Gasteiger partial charge is 0.870 e. The Hall–Kier alpha value is -1.31. The first kappa shape index (κ1) is 21.0. The van der Waals surface area contributed by atoms with E-state index >= 15 is 0 Å². The number of benzene rings is 1. The van der Waals surface area contributed by atoms with Crippen molar-refractivity contribution in [1.82, 2.24) is 5.32 Å². The molecule has 1 rings (SSSR count). The molecule has 0 radical (unpaired) electrons. The largest absolute Gasteiger partial charge is 0.870 e. The van der Waals surface area contributed by atoms with Gasteiger partial charge in [-0.15, -0.1) is 0 Å². The second-order valence-corrected chi connectivity index (χ2v) is 7.12. The second kappa shape index (κ2) is 8.09. The standard InChI is InChI=1S/C13H18BNO2S.2H2O/c1-13(2,3)15-9-6-10-18(16,17)12-8-5-4-7-11(12)14;;/h4-9,15H,10H2,1-3H3;2*1H2/q+2;;/p-2. The summed E-state index contributed by atoms with van der Waals surface area (Å²) >= 11 is 0. The molecule has 0 aliphatic heterocycles. The molecule has 0 aliphatic rings. The van der Waals surface area contributed by atoms with Gasteiger partial charge in [0.05, 0.1) is 0 Å². The molecule has 0 aromatic heterocycles. The summed E-state index contributed by atoms with van der Waals surface area (Å²) in [4.78, 5) is 0.186. The number of hydrogen-bond donors (Lipinski definition) is 1. The van der Waals surface area contributed by atoms with Gasteiger partial charge in [0.15, 0.2) is 0 Å². The molecule has 7 heteroatoms. The summed E-state index contributed by atoms with van der Waals surface area (Å²) < 4.78 is 24.0. The quantitative estimate of drug-likeness (QED) is 0.827. The van der Waals surface area contributed by atoms with Gasteiger partial charge in [-0.2, -0.15) is 0 Å². The fourth-order valence-electron chi connectivity index (χ4n) is 1.34. The zero-order valence-corrected chi connectivity index (χ0v) is 12.7. The van der Waals surface area contributed by atoms with Crippen LogP contribution in [0, 0.1) is 0 Å². The van der Waals surface area contributed by atoms with Crippen molar-refractivity contribution in [3.05, 3.63) is 36.5 Å². The van der Waals surface area contributed by atoms with Crippen LogP contribution in [-0.2, 0) is 9.84 Å². The van der Waals surface area contributed by atoms with Crippen molar-refractivity contribution < 1.29 is 19.4 Å². The average molecular weight is 297 g/mol. The molecule has 0 bridgehead atoms. The minimum atomic E-state index is -3.36. The minimum Gasteiger partial charge on any atom is -0.870 e. The molecule has 20 heavy (non-hydrogen) atoms. The van der Waals surface area contributed by atoms with Gasteiger partial charge in [0, 0.05) is 0 Å². The fourth-order valence-corrected chi connectivity index (χ4v) is 2.58. The molecule has 0 heterocycles. The first-order valence-corrected chi connectivity index (χ1v) is 7.37. The van der Waals surface area contributed by atoms with E-state index < -0.39 is 9.84 Å². The third kappa shape index (κ3) is 6.74. The average Bonchev–Trinajstić information content (AvgIpc) is 2.24. The van der Waals surface area contributed by atoms with Crippen molar-refractivity contribution in [2.75, 3.05) is 5.75 Å². The third-order valence-electron chi connectivity index (χ3n) is 2.20. The van der Waals surface area contributed by atoms with Crippen molar-refractivity contribution in [3.63, 3.8) is 0 Å². The van der Waals surface area contributed by atoms with Crippen LogP contribution >= 0.6 is 0 Å². The number of sulfone groups is 1. The molecule has 0 spiro atoms. The maximum atomic E-state index is 12.0. The normalized spacial score (nSPS) is 11.7. The Morgan fingerprint density at radius 1 is 1.20 bits per heavy atom. The van der Waals surface area contributed by atoms with Gasteiger partial charge in [0.1, 0.15) is 0 Å². The molecule has 0 aliphatic carbocycles. The van der Waals surface area contributed by atoms with Gasteiger partial charge in [0.2, 0.25) is 0 Å². The van der Waals surface area contributed by atoms with Crippen molar-refractivity contribution in [3.8, 4) is 0 Å². The molecule has 110 valence electrons. The first-order chi connectivity index (χ1) is 8.22. The van der Waals surface area contributed by atoms with E-state index in [9.17, 15) is 8.42 Å². The van der Waals surface area contributed by atoms with E-state index in [0.29, 0.717) is 0 Å². The Kier molecular flexibility index (Phi) is 8.49. The monoisotopic (exact) mass is 297 g/mol. The molecular formula is C13H20BNO4S. The van der Waals surface area contributed by atoms with Crippen LogP contribution in [0.1, 0.15) is 20.8 Å². The molecule has 0 saturated carbocycles. The van der Waals surface area contributed by atoms with E-state index in [1.807, 2.05) is 20.8 Å². The summed E-state index contributed by atoms with van der Waals surface area (Å²) in [5.41, 5.74) is 0.209. The zero-order chi connectivity index (χ0) is 13.8. The van der Waals surface area contributed by atoms with Gasteiger partial charge in [-0.1, -0.05) is 0 Å².